The number of aromatic nitrogens is 1. The Bertz CT molecular complexity index is 554. The molecule has 0 aliphatic heterocycles. The molecule has 0 amide bonds. The van der Waals surface area contributed by atoms with Gasteiger partial charge >= 0.3 is 0 Å². The van der Waals surface area contributed by atoms with Gasteiger partial charge in [-0.2, -0.15) is 5.26 Å². The van der Waals surface area contributed by atoms with E-state index in [1.807, 2.05) is 31.0 Å². The molecule has 0 N–H and O–H groups in total. The molecule has 86 valence electrons. The number of hydrogen-bond donors (Lipinski definition) is 0. The normalized spacial score (nSPS) is 9.94. The second-order valence-electron chi connectivity index (χ2n) is 3.87. The van der Waals surface area contributed by atoms with Crippen LogP contribution in [0.3, 0.4) is 0 Å². The molecule has 0 bridgehead atoms. The van der Waals surface area contributed by atoms with Gasteiger partial charge in [-0.25, -0.2) is 0 Å². The third-order valence-electron chi connectivity index (χ3n) is 2.52. The highest BCUT2D eigenvalue weighted by atomic mass is 16.3. The zero-order chi connectivity index (χ0) is 12.3. The van der Waals surface area contributed by atoms with Crippen LogP contribution in [0.2, 0.25) is 0 Å². The maximum atomic E-state index is 9.01. The highest BCUT2D eigenvalue weighted by Gasteiger charge is 2.09. The lowest BCUT2D eigenvalue weighted by molar-refractivity contribution is 0.481. The fraction of sp³-hybridized carbons (Fsp3) is 0.231. The zero-order valence-corrected chi connectivity index (χ0v) is 9.84. The van der Waals surface area contributed by atoms with Crippen LogP contribution in [0.15, 0.2) is 35.0 Å². The lowest BCUT2D eigenvalue weighted by Gasteiger charge is -2.18. The summed E-state index contributed by atoms with van der Waals surface area (Å²) in [5.41, 5.74) is 1.43. The first-order chi connectivity index (χ1) is 8.20. The molecule has 0 saturated heterocycles. The van der Waals surface area contributed by atoms with Gasteiger partial charge in [-0.1, -0.05) is 0 Å². The summed E-state index contributed by atoms with van der Waals surface area (Å²) in [4.78, 5) is 5.99. The van der Waals surface area contributed by atoms with E-state index in [1.165, 1.54) is 0 Å². The molecule has 0 unspecified atom stereocenters. The topological polar surface area (TPSA) is 53.1 Å². The molecular formula is C13H13N3O. The number of nitriles is 1. The minimum atomic E-state index is 0.616. The van der Waals surface area contributed by atoms with Gasteiger partial charge in [-0.05, 0) is 25.1 Å². The molecular weight excluding hydrogens is 214 g/mol. The van der Waals surface area contributed by atoms with Gasteiger partial charge in [0.05, 0.1) is 24.0 Å². The van der Waals surface area contributed by atoms with Crippen molar-refractivity contribution >= 4 is 5.69 Å². The summed E-state index contributed by atoms with van der Waals surface area (Å²) in [5, 5.41) is 9.01. The first-order valence-corrected chi connectivity index (χ1v) is 5.31. The molecule has 0 fully saturated rings. The molecule has 0 aliphatic rings. The molecule has 0 saturated carbocycles. The average molecular weight is 227 g/mol. The molecule has 4 heteroatoms. The van der Waals surface area contributed by atoms with Crippen molar-refractivity contribution in [2.75, 3.05) is 11.9 Å². The van der Waals surface area contributed by atoms with Crippen LogP contribution in [-0.2, 0) is 6.54 Å². The fourth-order valence-electron chi connectivity index (χ4n) is 1.67. The molecule has 0 spiro atoms. The molecule has 0 atom stereocenters. The van der Waals surface area contributed by atoms with Crippen molar-refractivity contribution in [2.45, 2.75) is 13.5 Å². The van der Waals surface area contributed by atoms with E-state index in [9.17, 15) is 0 Å². The van der Waals surface area contributed by atoms with E-state index in [2.05, 4.69) is 11.1 Å². The second-order valence-corrected chi connectivity index (χ2v) is 3.87. The van der Waals surface area contributed by atoms with Crippen molar-refractivity contribution in [3.05, 3.63) is 47.7 Å². The van der Waals surface area contributed by atoms with Gasteiger partial charge in [0.15, 0.2) is 0 Å². The van der Waals surface area contributed by atoms with E-state index in [-0.39, 0.29) is 0 Å². The highest BCUT2D eigenvalue weighted by Crippen LogP contribution is 2.19. The maximum absolute atomic E-state index is 9.01. The van der Waals surface area contributed by atoms with Crippen molar-refractivity contribution in [2.24, 2.45) is 0 Å². The van der Waals surface area contributed by atoms with Crippen LogP contribution in [-0.4, -0.2) is 12.0 Å². The molecule has 2 heterocycles. The Morgan fingerprint density at radius 3 is 2.88 bits per heavy atom. The van der Waals surface area contributed by atoms with E-state index in [1.54, 1.807) is 18.5 Å². The van der Waals surface area contributed by atoms with Crippen LogP contribution in [0.25, 0.3) is 0 Å². The lowest BCUT2D eigenvalue weighted by atomic mass is 10.2. The quantitative estimate of drug-likeness (QED) is 0.808. The Morgan fingerprint density at radius 2 is 2.24 bits per heavy atom. The molecule has 0 aromatic carbocycles. The van der Waals surface area contributed by atoms with E-state index in [0.29, 0.717) is 12.1 Å². The van der Waals surface area contributed by atoms with Crippen molar-refractivity contribution in [1.29, 1.82) is 5.26 Å². The van der Waals surface area contributed by atoms with Crippen molar-refractivity contribution in [3.8, 4) is 6.07 Å². The number of pyridine rings is 1. The predicted octanol–water partition coefficient (Wildman–Crippen LogP) is 2.49. The Hall–Kier alpha value is -2.28. The third-order valence-corrected chi connectivity index (χ3v) is 2.52. The van der Waals surface area contributed by atoms with Gasteiger partial charge in [0, 0.05) is 13.2 Å². The molecule has 0 aliphatic carbocycles. The third kappa shape index (κ3) is 2.45. The summed E-state index contributed by atoms with van der Waals surface area (Å²) >= 11 is 0. The number of aryl methyl sites for hydroxylation is 1. The predicted molar refractivity (Wildman–Crippen MR) is 64.5 cm³/mol. The Balaban J connectivity index is 2.20. The van der Waals surface area contributed by atoms with Crippen LogP contribution >= 0.6 is 0 Å². The zero-order valence-electron chi connectivity index (χ0n) is 9.84. The molecule has 2 aromatic heterocycles. The monoisotopic (exact) mass is 227 g/mol. The summed E-state index contributed by atoms with van der Waals surface area (Å²) < 4.78 is 5.50. The minimum Gasteiger partial charge on any atom is -0.464 e. The maximum Gasteiger partial charge on any atom is 0.123 e. The summed E-state index contributed by atoms with van der Waals surface area (Å²) in [7, 11) is 1.91. The standard InChI is InChI=1S/C13H13N3O/c1-10-3-4-12(17-10)9-16(2)13-8-15-6-5-11(13)7-14/h3-6,8H,9H2,1-2H3. The van der Waals surface area contributed by atoms with E-state index in [4.69, 9.17) is 9.68 Å². The average Bonchev–Trinajstić information content (AvgIpc) is 2.74. The van der Waals surface area contributed by atoms with Crippen LogP contribution in [0.5, 0.6) is 0 Å². The van der Waals surface area contributed by atoms with Gasteiger partial charge in [-0.15, -0.1) is 0 Å². The Labute approximate surface area is 100 Å². The molecule has 4 nitrogen and oxygen atoms in total. The van der Waals surface area contributed by atoms with Gasteiger partial charge in [0.1, 0.15) is 17.6 Å². The number of hydrogen-bond acceptors (Lipinski definition) is 4. The number of furan rings is 1. The van der Waals surface area contributed by atoms with E-state index < -0.39 is 0 Å². The van der Waals surface area contributed by atoms with Crippen LogP contribution in [0.1, 0.15) is 17.1 Å². The largest absolute Gasteiger partial charge is 0.464 e. The SMILES string of the molecule is Cc1ccc(CN(C)c2cnccc2C#N)o1. The second kappa shape index (κ2) is 4.71. The van der Waals surface area contributed by atoms with Crippen molar-refractivity contribution in [3.63, 3.8) is 0 Å². The number of anilines is 1. The van der Waals surface area contributed by atoms with Gasteiger partial charge in [-0.3, -0.25) is 4.98 Å². The lowest BCUT2D eigenvalue weighted by Crippen LogP contribution is -2.17. The number of rotatable bonds is 3. The first kappa shape index (κ1) is 11.2. The van der Waals surface area contributed by atoms with E-state index >= 15 is 0 Å². The smallest absolute Gasteiger partial charge is 0.123 e. The fourth-order valence-corrected chi connectivity index (χ4v) is 1.67. The van der Waals surface area contributed by atoms with Crippen molar-refractivity contribution in [1.82, 2.24) is 4.98 Å². The van der Waals surface area contributed by atoms with E-state index in [0.717, 1.165) is 17.2 Å². The Morgan fingerprint density at radius 1 is 1.41 bits per heavy atom. The summed E-state index contributed by atoms with van der Waals surface area (Å²) in [5.74, 6) is 1.76. The Kier molecular flexibility index (Phi) is 3.10. The van der Waals surface area contributed by atoms with Gasteiger partial charge in [0.2, 0.25) is 0 Å². The van der Waals surface area contributed by atoms with Crippen LogP contribution < -0.4 is 4.90 Å². The van der Waals surface area contributed by atoms with Crippen LogP contribution in [0.4, 0.5) is 5.69 Å². The van der Waals surface area contributed by atoms with Gasteiger partial charge < -0.3 is 9.32 Å². The highest BCUT2D eigenvalue weighted by molar-refractivity contribution is 5.56. The summed E-state index contributed by atoms with van der Waals surface area (Å²) in [6.45, 7) is 2.53. The number of nitrogens with zero attached hydrogens (tertiary/aromatic N) is 3. The molecule has 2 rings (SSSR count). The molecule has 2 aromatic rings. The molecule has 0 radical (unpaired) electrons. The van der Waals surface area contributed by atoms with Crippen LogP contribution in [0, 0.1) is 18.3 Å². The first-order valence-electron chi connectivity index (χ1n) is 5.31. The summed E-state index contributed by atoms with van der Waals surface area (Å²) in [6.07, 6.45) is 3.31. The molecule has 17 heavy (non-hydrogen) atoms. The minimum absolute atomic E-state index is 0.616. The van der Waals surface area contributed by atoms with Crippen molar-refractivity contribution < 1.29 is 4.42 Å². The van der Waals surface area contributed by atoms with Gasteiger partial charge in [0.25, 0.3) is 0 Å². The summed E-state index contributed by atoms with van der Waals surface area (Å²) in [6, 6.07) is 7.73.